The largest absolute Gasteiger partial charge is 0.508 e. The molecule has 2 aromatic carbocycles. The van der Waals surface area contributed by atoms with Gasteiger partial charge in [-0.25, -0.2) is 0 Å². The fraction of sp³-hybridized carbons (Fsp3) is 0.368. The molecule has 0 unspecified atom stereocenters. The molecule has 1 heterocycles. The van der Waals surface area contributed by atoms with Crippen LogP contribution in [0.25, 0.3) is 0 Å². The van der Waals surface area contributed by atoms with E-state index in [9.17, 15) is 5.11 Å². The lowest BCUT2D eigenvalue weighted by Crippen LogP contribution is -2.26. The van der Waals surface area contributed by atoms with Crippen molar-refractivity contribution in [1.29, 1.82) is 0 Å². The smallest absolute Gasteiger partial charge is 0.115 e. The molecule has 1 atom stereocenters. The molecule has 21 heavy (non-hydrogen) atoms. The lowest BCUT2D eigenvalue weighted by molar-refractivity contribution is 0.312. The molecule has 3 rings (SSSR count). The molecule has 1 aliphatic rings. The minimum Gasteiger partial charge on any atom is -0.508 e. The zero-order chi connectivity index (χ0) is 14.5. The Hall–Kier alpha value is -1.80. The minimum atomic E-state index is 0.368. The highest BCUT2D eigenvalue weighted by Gasteiger charge is 2.19. The van der Waals surface area contributed by atoms with Gasteiger partial charge in [0.2, 0.25) is 0 Å². The van der Waals surface area contributed by atoms with E-state index in [1.54, 1.807) is 6.07 Å². The third-order valence-corrected chi connectivity index (χ3v) is 4.34. The molecule has 2 heteroatoms. The zero-order valence-electron chi connectivity index (χ0n) is 12.4. The summed E-state index contributed by atoms with van der Waals surface area (Å²) in [5.41, 5.74) is 2.61. The van der Waals surface area contributed by atoms with Gasteiger partial charge in [-0.05, 0) is 55.6 Å². The number of nitrogens with zero attached hydrogens (tertiary/aromatic N) is 1. The summed E-state index contributed by atoms with van der Waals surface area (Å²) in [6.45, 7) is 3.51. The molecular formula is C19H23NO. The van der Waals surface area contributed by atoms with Crippen LogP contribution in [0, 0.1) is 0 Å². The van der Waals surface area contributed by atoms with Crippen molar-refractivity contribution in [1.82, 2.24) is 4.90 Å². The molecule has 0 spiro atoms. The van der Waals surface area contributed by atoms with Crippen LogP contribution in [0.5, 0.6) is 5.75 Å². The topological polar surface area (TPSA) is 23.5 Å². The summed E-state index contributed by atoms with van der Waals surface area (Å²) in [5, 5.41) is 9.78. The SMILES string of the molecule is Oc1cccc([C@@H](Cc2ccccc2)CN2CCCC2)c1. The van der Waals surface area contributed by atoms with Crippen LogP contribution in [0.4, 0.5) is 0 Å². The van der Waals surface area contributed by atoms with E-state index < -0.39 is 0 Å². The van der Waals surface area contributed by atoms with Crippen molar-refractivity contribution in [3.8, 4) is 5.75 Å². The molecule has 0 amide bonds. The maximum atomic E-state index is 9.78. The van der Waals surface area contributed by atoms with Gasteiger partial charge in [0.15, 0.2) is 0 Å². The molecular weight excluding hydrogens is 258 g/mol. The standard InChI is InChI=1S/C19H23NO/c21-19-10-6-9-17(14-19)18(15-20-11-4-5-12-20)13-16-7-2-1-3-8-16/h1-3,6-10,14,18,21H,4-5,11-13,15H2/t18-/m0/s1. The Labute approximate surface area is 127 Å². The van der Waals surface area contributed by atoms with Gasteiger partial charge in [-0.15, -0.1) is 0 Å². The van der Waals surface area contributed by atoms with E-state index in [0.717, 1.165) is 13.0 Å². The Balaban J connectivity index is 1.79. The number of benzene rings is 2. The van der Waals surface area contributed by atoms with Gasteiger partial charge in [0.1, 0.15) is 5.75 Å². The van der Waals surface area contributed by atoms with Crippen LogP contribution in [0.2, 0.25) is 0 Å². The van der Waals surface area contributed by atoms with Gasteiger partial charge in [0.05, 0.1) is 0 Å². The van der Waals surface area contributed by atoms with Gasteiger partial charge in [0, 0.05) is 12.5 Å². The lowest BCUT2D eigenvalue weighted by Gasteiger charge is -2.24. The summed E-state index contributed by atoms with van der Waals surface area (Å²) in [6.07, 6.45) is 3.66. The van der Waals surface area contributed by atoms with Gasteiger partial charge < -0.3 is 10.0 Å². The number of hydrogen-bond donors (Lipinski definition) is 1. The predicted molar refractivity (Wildman–Crippen MR) is 86.7 cm³/mol. The monoisotopic (exact) mass is 281 g/mol. The highest BCUT2D eigenvalue weighted by molar-refractivity contribution is 5.31. The van der Waals surface area contributed by atoms with Gasteiger partial charge in [-0.2, -0.15) is 0 Å². The summed E-state index contributed by atoms with van der Waals surface area (Å²) in [4.78, 5) is 2.55. The molecule has 0 radical (unpaired) electrons. The number of hydrogen-bond acceptors (Lipinski definition) is 2. The maximum absolute atomic E-state index is 9.78. The first-order valence-corrected chi connectivity index (χ1v) is 7.86. The van der Waals surface area contributed by atoms with Crippen molar-refractivity contribution in [2.75, 3.05) is 19.6 Å². The Morgan fingerprint density at radius 1 is 0.952 bits per heavy atom. The molecule has 0 saturated carbocycles. The van der Waals surface area contributed by atoms with Crippen LogP contribution in [0.1, 0.15) is 29.9 Å². The van der Waals surface area contributed by atoms with E-state index >= 15 is 0 Å². The Morgan fingerprint density at radius 2 is 1.71 bits per heavy atom. The quantitative estimate of drug-likeness (QED) is 0.900. The fourth-order valence-electron chi connectivity index (χ4n) is 3.24. The van der Waals surface area contributed by atoms with Crippen LogP contribution in [-0.4, -0.2) is 29.6 Å². The van der Waals surface area contributed by atoms with E-state index in [-0.39, 0.29) is 0 Å². The van der Waals surface area contributed by atoms with Crippen molar-refractivity contribution in [3.63, 3.8) is 0 Å². The first-order valence-electron chi connectivity index (χ1n) is 7.86. The van der Waals surface area contributed by atoms with E-state index in [1.165, 1.54) is 37.1 Å². The molecule has 1 N–H and O–H groups in total. The van der Waals surface area contributed by atoms with Crippen LogP contribution in [0.3, 0.4) is 0 Å². The van der Waals surface area contributed by atoms with Gasteiger partial charge in [-0.3, -0.25) is 0 Å². The van der Waals surface area contributed by atoms with Crippen LogP contribution in [0.15, 0.2) is 54.6 Å². The van der Waals surface area contributed by atoms with Crippen LogP contribution in [-0.2, 0) is 6.42 Å². The maximum Gasteiger partial charge on any atom is 0.115 e. The molecule has 0 bridgehead atoms. The average Bonchev–Trinajstić information content (AvgIpc) is 3.01. The average molecular weight is 281 g/mol. The zero-order valence-corrected chi connectivity index (χ0v) is 12.4. The Morgan fingerprint density at radius 3 is 2.43 bits per heavy atom. The van der Waals surface area contributed by atoms with E-state index in [2.05, 4.69) is 41.3 Å². The Kier molecular flexibility index (Phi) is 4.56. The second-order valence-electron chi connectivity index (χ2n) is 5.99. The second-order valence-corrected chi connectivity index (χ2v) is 5.99. The van der Waals surface area contributed by atoms with Gasteiger partial charge >= 0.3 is 0 Å². The number of rotatable bonds is 5. The highest BCUT2D eigenvalue weighted by atomic mass is 16.3. The van der Waals surface area contributed by atoms with Crippen molar-refractivity contribution < 1.29 is 5.11 Å². The predicted octanol–water partition coefficient (Wildman–Crippen LogP) is 3.81. The number of aromatic hydroxyl groups is 1. The molecule has 2 aromatic rings. The number of phenols is 1. The summed E-state index contributed by atoms with van der Waals surface area (Å²) in [5.74, 6) is 0.810. The Bertz CT molecular complexity index is 561. The van der Waals surface area contributed by atoms with E-state index in [0.29, 0.717) is 11.7 Å². The normalized spacial score (nSPS) is 17.0. The molecule has 0 aliphatic carbocycles. The second kappa shape index (κ2) is 6.77. The molecule has 1 saturated heterocycles. The van der Waals surface area contributed by atoms with E-state index in [1.807, 2.05) is 12.1 Å². The van der Waals surface area contributed by atoms with Crippen molar-refractivity contribution >= 4 is 0 Å². The van der Waals surface area contributed by atoms with Crippen molar-refractivity contribution in [2.45, 2.75) is 25.2 Å². The van der Waals surface area contributed by atoms with Crippen LogP contribution < -0.4 is 0 Å². The minimum absolute atomic E-state index is 0.368. The van der Waals surface area contributed by atoms with Gasteiger partial charge in [0.25, 0.3) is 0 Å². The fourth-order valence-corrected chi connectivity index (χ4v) is 3.24. The first kappa shape index (κ1) is 14.2. The number of phenolic OH excluding ortho intramolecular Hbond substituents is 1. The summed E-state index contributed by atoms with van der Waals surface area (Å²) < 4.78 is 0. The molecule has 1 fully saturated rings. The third kappa shape index (κ3) is 3.85. The molecule has 110 valence electrons. The van der Waals surface area contributed by atoms with Crippen molar-refractivity contribution in [3.05, 3.63) is 65.7 Å². The molecule has 1 aliphatic heterocycles. The molecule has 2 nitrogen and oxygen atoms in total. The lowest BCUT2D eigenvalue weighted by atomic mass is 9.91. The van der Waals surface area contributed by atoms with Gasteiger partial charge in [-0.1, -0.05) is 42.5 Å². The van der Waals surface area contributed by atoms with Crippen LogP contribution >= 0.6 is 0 Å². The summed E-state index contributed by atoms with van der Waals surface area (Å²) in [6, 6.07) is 18.4. The van der Waals surface area contributed by atoms with E-state index in [4.69, 9.17) is 0 Å². The van der Waals surface area contributed by atoms with Crippen molar-refractivity contribution in [2.24, 2.45) is 0 Å². The highest BCUT2D eigenvalue weighted by Crippen LogP contribution is 2.26. The third-order valence-electron chi connectivity index (χ3n) is 4.34. The first-order chi connectivity index (χ1) is 10.3. The summed E-state index contributed by atoms with van der Waals surface area (Å²) in [7, 11) is 0. The number of likely N-dealkylation sites (tertiary alicyclic amines) is 1. The summed E-state index contributed by atoms with van der Waals surface area (Å²) >= 11 is 0. The molecule has 0 aromatic heterocycles.